The number of aliphatic hydroxyl groups is 1. The summed E-state index contributed by atoms with van der Waals surface area (Å²) in [4.78, 5) is 21.1. The number of amides is 2. The van der Waals surface area contributed by atoms with Gasteiger partial charge in [-0.3, -0.25) is 0 Å². The number of urea groups is 1. The predicted molar refractivity (Wildman–Crippen MR) is 111 cm³/mol. The van der Waals surface area contributed by atoms with E-state index in [1.54, 1.807) is 11.0 Å². The molecule has 0 radical (unpaired) electrons. The summed E-state index contributed by atoms with van der Waals surface area (Å²) in [5.41, 5.74) is 2.47. The standard InChI is InChI=1S/C20H21N5O2S/c26-14-15-5-4-8-17(13-15)21-19(27)24-9-11-25(12-10-24)20-22-18(23-28-20)16-6-2-1-3-7-16/h1-8,13,26H,9-12,14H2,(H,21,27). The van der Waals surface area contributed by atoms with Crippen molar-refractivity contribution in [2.45, 2.75) is 6.61 Å². The summed E-state index contributed by atoms with van der Waals surface area (Å²) in [6.07, 6.45) is 0. The van der Waals surface area contributed by atoms with E-state index in [-0.39, 0.29) is 12.6 Å². The molecular weight excluding hydrogens is 374 g/mol. The highest BCUT2D eigenvalue weighted by atomic mass is 32.1. The molecule has 1 saturated heterocycles. The molecular formula is C20H21N5O2S. The monoisotopic (exact) mass is 395 g/mol. The number of anilines is 2. The average Bonchev–Trinajstić information content (AvgIpc) is 3.25. The van der Waals surface area contributed by atoms with E-state index in [2.05, 4.69) is 19.6 Å². The van der Waals surface area contributed by atoms with Gasteiger partial charge in [-0.2, -0.15) is 9.36 Å². The van der Waals surface area contributed by atoms with Crippen molar-refractivity contribution in [3.8, 4) is 11.4 Å². The largest absolute Gasteiger partial charge is 0.392 e. The van der Waals surface area contributed by atoms with Gasteiger partial charge < -0.3 is 20.2 Å². The summed E-state index contributed by atoms with van der Waals surface area (Å²) in [6, 6.07) is 17.0. The second kappa shape index (κ2) is 8.37. The molecule has 4 rings (SSSR count). The normalized spacial score (nSPS) is 14.2. The predicted octanol–water partition coefficient (Wildman–Crippen LogP) is 3.05. The number of carbonyl (C=O) groups is 1. The van der Waals surface area contributed by atoms with Gasteiger partial charge in [-0.15, -0.1) is 0 Å². The first kappa shape index (κ1) is 18.4. The highest BCUT2D eigenvalue weighted by Gasteiger charge is 2.23. The van der Waals surface area contributed by atoms with E-state index in [0.717, 1.165) is 22.1 Å². The molecule has 0 unspecified atom stereocenters. The maximum atomic E-state index is 12.5. The second-order valence-corrected chi connectivity index (χ2v) is 7.26. The van der Waals surface area contributed by atoms with Crippen LogP contribution in [-0.2, 0) is 6.61 Å². The van der Waals surface area contributed by atoms with E-state index in [0.29, 0.717) is 31.9 Å². The Bertz CT molecular complexity index is 939. The fourth-order valence-electron chi connectivity index (χ4n) is 3.10. The summed E-state index contributed by atoms with van der Waals surface area (Å²) in [5.74, 6) is 0.740. The molecule has 3 aromatic rings. The number of piperazine rings is 1. The minimum atomic E-state index is -0.128. The van der Waals surface area contributed by atoms with E-state index >= 15 is 0 Å². The van der Waals surface area contributed by atoms with Crippen LogP contribution in [0.4, 0.5) is 15.6 Å². The molecule has 7 nitrogen and oxygen atoms in total. The van der Waals surface area contributed by atoms with Gasteiger partial charge in [0, 0.05) is 49.0 Å². The summed E-state index contributed by atoms with van der Waals surface area (Å²) in [5, 5.41) is 13.0. The van der Waals surface area contributed by atoms with E-state index in [1.165, 1.54) is 11.5 Å². The molecule has 0 bridgehead atoms. The smallest absolute Gasteiger partial charge is 0.321 e. The van der Waals surface area contributed by atoms with Crippen LogP contribution in [-0.4, -0.2) is 51.6 Å². The lowest BCUT2D eigenvalue weighted by atomic mass is 10.2. The topological polar surface area (TPSA) is 81.6 Å². The fourth-order valence-corrected chi connectivity index (χ4v) is 3.84. The number of aromatic nitrogens is 2. The van der Waals surface area contributed by atoms with Gasteiger partial charge in [0.2, 0.25) is 5.13 Å². The first-order valence-corrected chi connectivity index (χ1v) is 9.90. The Kier molecular flexibility index (Phi) is 5.50. The van der Waals surface area contributed by atoms with Crippen LogP contribution in [0.15, 0.2) is 54.6 Å². The van der Waals surface area contributed by atoms with Crippen LogP contribution in [0, 0.1) is 0 Å². The van der Waals surface area contributed by atoms with Gasteiger partial charge in [-0.25, -0.2) is 4.79 Å². The Morgan fingerprint density at radius 3 is 2.61 bits per heavy atom. The van der Waals surface area contributed by atoms with Crippen molar-refractivity contribution >= 4 is 28.4 Å². The molecule has 0 saturated carbocycles. The minimum Gasteiger partial charge on any atom is -0.392 e. The van der Waals surface area contributed by atoms with Gasteiger partial charge in [0.15, 0.2) is 5.82 Å². The second-order valence-electron chi connectivity index (χ2n) is 6.53. The van der Waals surface area contributed by atoms with Crippen molar-refractivity contribution in [3.63, 3.8) is 0 Å². The molecule has 0 spiro atoms. The van der Waals surface area contributed by atoms with Crippen molar-refractivity contribution in [2.24, 2.45) is 0 Å². The van der Waals surface area contributed by atoms with Crippen molar-refractivity contribution in [2.75, 3.05) is 36.4 Å². The van der Waals surface area contributed by atoms with E-state index in [1.807, 2.05) is 48.5 Å². The van der Waals surface area contributed by atoms with Gasteiger partial charge in [-0.1, -0.05) is 42.5 Å². The quantitative estimate of drug-likeness (QED) is 0.710. The Morgan fingerprint density at radius 2 is 1.86 bits per heavy atom. The molecule has 28 heavy (non-hydrogen) atoms. The van der Waals surface area contributed by atoms with Gasteiger partial charge in [0.1, 0.15) is 0 Å². The Balaban J connectivity index is 1.34. The lowest BCUT2D eigenvalue weighted by Crippen LogP contribution is -2.50. The highest BCUT2D eigenvalue weighted by Crippen LogP contribution is 2.24. The summed E-state index contributed by atoms with van der Waals surface area (Å²) in [7, 11) is 0. The molecule has 8 heteroatoms. The number of carbonyl (C=O) groups excluding carboxylic acids is 1. The molecule has 2 amide bonds. The van der Waals surface area contributed by atoms with Crippen LogP contribution < -0.4 is 10.2 Å². The maximum absolute atomic E-state index is 12.5. The van der Waals surface area contributed by atoms with E-state index in [4.69, 9.17) is 0 Å². The molecule has 1 fully saturated rings. The SMILES string of the molecule is O=C(Nc1cccc(CO)c1)N1CCN(c2nc(-c3ccccc3)ns2)CC1. The average molecular weight is 395 g/mol. The van der Waals surface area contributed by atoms with Crippen LogP contribution >= 0.6 is 11.5 Å². The molecule has 1 aliphatic heterocycles. The van der Waals surface area contributed by atoms with E-state index in [9.17, 15) is 9.90 Å². The summed E-state index contributed by atoms with van der Waals surface area (Å²) >= 11 is 1.39. The van der Waals surface area contributed by atoms with Gasteiger partial charge in [-0.05, 0) is 17.7 Å². The van der Waals surface area contributed by atoms with Gasteiger partial charge >= 0.3 is 6.03 Å². The number of nitrogens with one attached hydrogen (secondary N) is 1. The zero-order valence-corrected chi connectivity index (χ0v) is 16.1. The van der Waals surface area contributed by atoms with Crippen molar-refractivity contribution in [1.29, 1.82) is 0 Å². The molecule has 1 aliphatic rings. The van der Waals surface area contributed by atoms with Crippen LogP contribution in [0.25, 0.3) is 11.4 Å². The summed E-state index contributed by atoms with van der Waals surface area (Å²) < 4.78 is 4.46. The molecule has 1 aromatic heterocycles. The number of nitrogens with zero attached hydrogens (tertiary/aromatic N) is 4. The maximum Gasteiger partial charge on any atom is 0.321 e. The first-order valence-electron chi connectivity index (χ1n) is 9.13. The Hall–Kier alpha value is -2.97. The number of hydrogen-bond acceptors (Lipinski definition) is 6. The Morgan fingerprint density at radius 1 is 1.07 bits per heavy atom. The molecule has 2 N–H and O–H groups in total. The Labute approximate surface area is 167 Å². The highest BCUT2D eigenvalue weighted by molar-refractivity contribution is 7.09. The number of aliphatic hydroxyl groups excluding tert-OH is 1. The van der Waals surface area contributed by atoms with Crippen LogP contribution in [0.3, 0.4) is 0 Å². The lowest BCUT2D eigenvalue weighted by molar-refractivity contribution is 0.208. The molecule has 0 atom stereocenters. The van der Waals surface area contributed by atoms with Crippen molar-refractivity contribution < 1.29 is 9.90 Å². The molecule has 2 heterocycles. The third kappa shape index (κ3) is 4.13. The number of benzene rings is 2. The minimum absolute atomic E-state index is 0.0464. The van der Waals surface area contributed by atoms with Crippen molar-refractivity contribution in [3.05, 3.63) is 60.2 Å². The zero-order chi connectivity index (χ0) is 19.3. The summed E-state index contributed by atoms with van der Waals surface area (Å²) in [6.45, 7) is 2.62. The first-order chi connectivity index (χ1) is 13.7. The zero-order valence-electron chi connectivity index (χ0n) is 15.3. The van der Waals surface area contributed by atoms with Gasteiger partial charge in [0.25, 0.3) is 0 Å². The fraction of sp³-hybridized carbons (Fsp3) is 0.250. The third-order valence-corrected chi connectivity index (χ3v) is 5.42. The third-order valence-electron chi connectivity index (χ3n) is 4.65. The lowest BCUT2D eigenvalue weighted by Gasteiger charge is -2.34. The molecule has 2 aromatic carbocycles. The van der Waals surface area contributed by atoms with Crippen LogP contribution in [0.1, 0.15) is 5.56 Å². The van der Waals surface area contributed by atoms with Crippen molar-refractivity contribution in [1.82, 2.24) is 14.3 Å². The molecule has 0 aliphatic carbocycles. The number of rotatable bonds is 4. The van der Waals surface area contributed by atoms with E-state index < -0.39 is 0 Å². The van der Waals surface area contributed by atoms with Gasteiger partial charge in [0.05, 0.1) is 6.61 Å². The number of hydrogen-bond donors (Lipinski definition) is 2. The molecule has 144 valence electrons. The van der Waals surface area contributed by atoms with Crippen LogP contribution in [0.5, 0.6) is 0 Å². The van der Waals surface area contributed by atoms with Crippen LogP contribution in [0.2, 0.25) is 0 Å².